The summed E-state index contributed by atoms with van der Waals surface area (Å²) in [4.78, 5) is 26.0. The second-order valence-corrected chi connectivity index (χ2v) is 6.89. The van der Waals surface area contributed by atoms with Crippen LogP contribution >= 0.6 is 0 Å². The molecule has 2 N–H and O–H groups in total. The molecule has 1 aromatic rings. The second-order valence-electron chi connectivity index (χ2n) is 6.89. The molecule has 1 aliphatic rings. The zero-order chi connectivity index (χ0) is 18.2. The molecule has 1 fully saturated rings. The number of hydrogen-bond donors (Lipinski definition) is 2. The molecule has 2 amide bonds. The number of hydrogen-bond acceptors (Lipinski definition) is 3. The highest BCUT2D eigenvalue weighted by Crippen LogP contribution is 2.23. The van der Waals surface area contributed by atoms with Crippen LogP contribution in [0.15, 0.2) is 24.3 Å². The molecule has 0 radical (unpaired) electrons. The van der Waals surface area contributed by atoms with E-state index in [1.165, 1.54) is 18.6 Å². The lowest BCUT2D eigenvalue weighted by Gasteiger charge is -2.25. The Morgan fingerprint density at radius 1 is 1.20 bits per heavy atom. The second kappa shape index (κ2) is 9.51. The largest absolute Gasteiger partial charge is 0.353 e. The van der Waals surface area contributed by atoms with E-state index >= 15 is 0 Å². The summed E-state index contributed by atoms with van der Waals surface area (Å²) in [5.41, 5.74) is 0.802. The smallest absolute Gasteiger partial charge is 0.239 e. The lowest BCUT2D eigenvalue weighted by molar-refractivity contribution is -0.129. The van der Waals surface area contributed by atoms with Gasteiger partial charge in [0, 0.05) is 12.5 Å². The molecule has 2 rings (SSSR count). The van der Waals surface area contributed by atoms with Gasteiger partial charge in [-0.1, -0.05) is 31.4 Å². The van der Waals surface area contributed by atoms with Gasteiger partial charge in [-0.2, -0.15) is 0 Å². The van der Waals surface area contributed by atoms with Crippen LogP contribution in [-0.4, -0.2) is 43.9 Å². The maximum absolute atomic E-state index is 13.4. The van der Waals surface area contributed by atoms with Crippen molar-refractivity contribution >= 4 is 11.8 Å². The maximum atomic E-state index is 13.4. The summed E-state index contributed by atoms with van der Waals surface area (Å²) in [6.07, 6.45) is 5.19. The van der Waals surface area contributed by atoms with Crippen molar-refractivity contribution < 1.29 is 14.0 Å². The zero-order valence-corrected chi connectivity index (χ0v) is 15.1. The van der Waals surface area contributed by atoms with E-state index in [-0.39, 0.29) is 36.1 Å². The van der Waals surface area contributed by atoms with E-state index in [0.717, 1.165) is 31.2 Å². The first-order chi connectivity index (χ1) is 12.0. The number of likely N-dealkylation sites (N-methyl/N-ethyl adjacent to an activating group) is 1. The highest BCUT2D eigenvalue weighted by atomic mass is 19.1. The normalized spacial score (nSPS) is 16.5. The lowest BCUT2D eigenvalue weighted by atomic mass is 9.89. The van der Waals surface area contributed by atoms with Crippen molar-refractivity contribution in [2.24, 2.45) is 5.92 Å². The van der Waals surface area contributed by atoms with E-state index in [0.29, 0.717) is 6.54 Å². The van der Waals surface area contributed by atoms with Gasteiger partial charge in [0.05, 0.1) is 12.6 Å². The van der Waals surface area contributed by atoms with Gasteiger partial charge in [-0.05, 0) is 44.6 Å². The van der Waals surface area contributed by atoms with Crippen LogP contribution in [0.2, 0.25) is 0 Å². The fourth-order valence-electron chi connectivity index (χ4n) is 3.26. The lowest BCUT2D eigenvalue weighted by Crippen LogP contribution is -2.42. The molecule has 1 unspecified atom stereocenters. The highest BCUT2D eigenvalue weighted by Gasteiger charge is 2.21. The summed E-state index contributed by atoms with van der Waals surface area (Å²) >= 11 is 0. The fourth-order valence-corrected chi connectivity index (χ4v) is 3.26. The molecule has 0 aromatic heterocycles. The van der Waals surface area contributed by atoms with Gasteiger partial charge in [-0.3, -0.25) is 9.59 Å². The summed E-state index contributed by atoms with van der Waals surface area (Å²) in [7, 11) is 3.76. The van der Waals surface area contributed by atoms with Crippen LogP contribution in [0, 0.1) is 11.7 Å². The van der Waals surface area contributed by atoms with Crippen molar-refractivity contribution in [3.8, 4) is 0 Å². The Hall–Kier alpha value is -1.95. The Morgan fingerprint density at radius 3 is 2.56 bits per heavy atom. The molecule has 0 saturated heterocycles. The number of carbonyl (C=O) groups excluding carboxylic acids is 2. The molecule has 25 heavy (non-hydrogen) atoms. The summed E-state index contributed by atoms with van der Waals surface area (Å²) in [5.74, 6) is -0.504. The van der Waals surface area contributed by atoms with E-state index in [2.05, 4.69) is 10.6 Å². The Morgan fingerprint density at radius 2 is 1.92 bits per heavy atom. The third kappa shape index (κ3) is 6.12. The van der Waals surface area contributed by atoms with Gasteiger partial charge in [-0.15, -0.1) is 0 Å². The molecule has 0 spiro atoms. The van der Waals surface area contributed by atoms with E-state index in [9.17, 15) is 14.0 Å². The number of rotatable bonds is 7. The quantitative estimate of drug-likeness (QED) is 0.794. The fraction of sp³-hybridized carbons (Fsp3) is 0.579. The number of carbonyl (C=O) groups is 2. The van der Waals surface area contributed by atoms with Gasteiger partial charge < -0.3 is 15.5 Å². The van der Waals surface area contributed by atoms with Gasteiger partial charge in [-0.25, -0.2) is 4.39 Å². The van der Waals surface area contributed by atoms with Crippen molar-refractivity contribution in [1.82, 2.24) is 15.5 Å². The summed E-state index contributed by atoms with van der Waals surface area (Å²) < 4.78 is 13.4. The summed E-state index contributed by atoms with van der Waals surface area (Å²) in [6, 6.07) is 6.24. The molecule has 1 saturated carbocycles. The molecule has 1 aromatic carbocycles. The molecule has 1 aliphatic carbocycles. The molecule has 0 aliphatic heterocycles. The molecule has 0 bridgehead atoms. The summed E-state index contributed by atoms with van der Waals surface area (Å²) in [5, 5.41) is 5.55. The third-order valence-corrected chi connectivity index (χ3v) is 4.75. The van der Waals surface area contributed by atoms with Crippen molar-refractivity contribution in [2.75, 3.05) is 27.2 Å². The number of benzene rings is 1. The maximum Gasteiger partial charge on any atom is 0.239 e. The van der Waals surface area contributed by atoms with Crippen molar-refractivity contribution in [3.63, 3.8) is 0 Å². The standard InChI is InChI=1S/C19H28FN3O2/c1-23(2)17(15-9-6-10-16(20)11-15)12-21-18(24)13-22-19(25)14-7-4-3-5-8-14/h6,9-11,14,17H,3-5,7-8,12-13H2,1-2H3,(H,21,24)(H,22,25). The van der Waals surface area contributed by atoms with Gasteiger partial charge in [0.25, 0.3) is 0 Å². The molecule has 5 nitrogen and oxygen atoms in total. The van der Waals surface area contributed by atoms with Crippen LogP contribution in [0.25, 0.3) is 0 Å². The first-order valence-corrected chi connectivity index (χ1v) is 8.93. The predicted octanol–water partition coefficient (Wildman–Crippen LogP) is 2.24. The van der Waals surface area contributed by atoms with Crippen LogP contribution in [-0.2, 0) is 9.59 Å². The van der Waals surface area contributed by atoms with E-state index in [4.69, 9.17) is 0 Å². The van der Waals surface area contributed by atoms with Crippen molar-refractivity contribution in [1.29, 1.82) is 0 Å². The number of amides is 2. The van der Waals surface area contributed by atoms with Crippen LogP contribution in [0.4, 0.5) is 4.39 Å². The molecule has 1 atom stereocenters. The minimum atomic E-state index is -0.296. The Labute approximate surface area is 149 Å². The molecule has 0 heterocycles. The number of halogens is 1. The van der Waals surface area contributed by atoms with Crippen LogP contribution in [0.5, 0.6) is 0 Å². The first kappa shape index (κ1) is 19.4. The van der Waals surface area contributed by atoms with Gasteiger partial charge in [0.1, 0.15) is 5.82 Å². The van der Waals surface area contributed by atoms with Crippen LogP contribution in [0.3, 0.4) is 0 Å². The van der Waals surface area contributed by atoms with Crippen LogP contribution < -0.4 is 10.6 Å². The zero-order valence-electron chi connectivity index (χ0n) is 15.1. The minimum Gasteiger partial charge on any atom is -0.353 e. The molecule has 138 valence electrons. The molecule has 6 heteroatoms. The van der Waals surface area contributed by atoms with Gasteiger partial charge in [0.15, 0.2) is 0 Å². The average Bonchev–Trinajstić information content (AvgIpc) is 2.60. The Balaban J connectivity index is 1.79. The summed E-state index contributed by atoms with van der Waals surface area (Å²) in [6.45, 7) is 0.340. The third-order valence-electron chi connectivity index (χ3n) is 4.75. The van der Waals surface area contributed by atoms with Gasteiger partial charge in [0.2, 0.25) is 11.8 Å². The monoisotopic (exact) mass is 349 g/mol. The predicted molar refractivity (Wildman–Crippen MR) is 95.4 cm³/mol. The molecular weight excluding hydrogens is 321 g/mol. The molecular formula is C19H28FN3O2. The Kier molecular flexibility index (Phi) is 7.37. The van der Waals surface area contributed by atoms with Crippen LogP contribution in [0.1, 0.15) is 43.7 Å². The van der Waals surface area contributed by atoms with Gasteiger partial charge >= 0.3 is 0 Å². The van der Waals surface area contributed by atoms with Crippen molar-refractivity contribution in [2.45, 2.75) is 38.1 Å². The Bertz CT molecular complexity index is 586. The number of nitrogens with zero attached hydrogens (tertiary/aromatic N) is 1. The topological polar surface area (TPSA) is 61.4 Å². The number of nitrogens with one attached hydrogen (secondary N) is 2. The highest BCUT2D eigenvalue weighted by molar-refractivity contribution is 5.85. The van der Waals surface area contributed by atoms with E-state index in [1.54, 1.807) is 6.07 Å². The van der Waals surface area contributed by atoms with E-state index < -0.39 is 0 Å². The SMILES string of the molecule is CN(C)C(CNC(=O)CNC(=O)C1CCCCC1)c1cccc(F)c1. The van der Waals surface area contributed by atoms with Crippen molar-refractivity contribution in [3.05, 3.63) is 35.6 Å². The average molecular weight is 349 g/mol. The van der Waals surface area contributed by atoms with E-state index in [1.807, 2.05) is 25.1 Å². The first-order valence-electron chi connectivity index (χ1n) is 8.93. The minimum absolute atomic E-state index is 0.0152.